The van der Waals surface area contributed by atoms with Gasteiger partial charge in [0, 0.05) is 12.2 Å². The average Bonchev–Trinajstić information content (AvgIpc) is 2.33. The fourth-order valence-corrected chi connectivity index (χ4v) is 1.59. The molecule has 0 heterocycles. The predicted octanol–water partition coefficient (Wildman–Crippen LogP) is 2.51. The van der Waals surface area contributed by atoms with E-state index in [-0.39, 0.29) is 12.3 Å². The first-order valence-electron chi connectivity index (χ1n) is 5.43. The van der Waals surface area contributed by atoms with Crippen LogP contribution in [-0.4, -0.2) is 22.6 Å². The molecule has 0 spiro atoms. The molecule has 1 aromatic rings. The molecule has 0 aliphatic heterocycles. The molecule has 0 amide bonds. The van der Waals surface area contributed by atoms with Gasteiger partial charge in [0.25, 0.3) is 0 Å². The van der Waals surface area contributed by atoms with Crippen molar-refractivity contribution < 1.29 is 14.7 Å². The van der Waals surface area contributed by atoms with Gasteiger partial charge in [-0.25, -0.2) is 4.39 Å². The van der Waals surface area contributed by atoms with Crippen LogP contribution in [0.4, 0.5) is 4.39 Å². The van der Waals surface area contributed by atoms with E-state index >= 15 is 0 Å². The van der Waals surface area contributed by atoms with E-state index < -0.39 is 5.82 Å². The van der Waals surface area contributed by atoms with Crippen LogP contribution in [0.15, 0.2) is 35.5 Å². The first-order valence-corrected chi connectivity index (χ1v) is 5.43. The Balaban J connectivity index is 3.26. The van der Waals surface area contributed by atoms with E-state index in [1.807, 2.05) is 6.92 Å². The molecule has 1 rings (SSSR count). The smallest absolute Gasteiger partial charge is 0.123 e. The second kappa shape index (κ2) is 6.15. The Bertz CT molecular complexity index is 441. The Hall–Kier alpha value is -1.68. The summed E-state index contributed by atoms with van der Waals surface area (Å²) in [5.74, 6) is -0.410. The van der Waals surface area contributed by atoms with Gasteiger partial charge in [0.2, 0.25) is 0 Å². The number of halogens is 1. The lowest BCUT2D eigenvalue weighted by Crippen LogP contribution is -2.09. The maximum absolute atomic E-state index is 13.2. The Morgan fingerprint density at radius 2 is 2.18 bits per heavy atom. The normalized spacial score (nSPS) is 11.6. The van der Waals surface area contributed by atoms with Crippen molar-refractivity contribution >= 4 is 5.71 Å². The van der Waals surface area contributed by atoms with E-state index in [1.54, 1.807) is 6.07 Å². The van der Waals surface area contributed by atoms with Crippen molar-refractivity contribution in [3.63, 3.8) is 0 Å². The van der Waals surface area contributed by atoms with Crippen LogP contribution in [0.2, 0.25) is 0 Å². The summed E-state index contributed by atoms with van der Waals surface area (Å²) in [4.78, 5) is 0. The van der Waals surface area contributed by atoms with Gasteiger partial charge in [-0.1, -0.05) is 24.7 Å². The summed E-state index contributed by atoms with van der Waals surface area (Å²) in [5.41, 5.74) is 2.11. The molecule has 0 aromatic heterocycles. The summed E-state index contributed by atoms with van der Waals surface area (Å²) in [7, 11) is 0. The number of nitrogens with zero attached hydrogens (tertiary/aromatic N) is 1. The SMILES string of the molecule is C=C(CC)/C(=N/O)c1cc(F)ccc1CCO. The molecule has 0 saturated carbocycles. The molecule has 0 aliphatic rings. The number of hydrogen-bond acceptors (Lipinski definition) is 3. The van der Waals surface area contributed by atoms with Crippen LogP contribution >= 0.6 is 0 Å². The third kappa shape index (κ3) is 3.14. The maximum Gasteiger partial charge on any atom is 0.123 e. The van der Waals surface area contributed by atoms with Gasteiger partial charge in [-0.3, -0.25) is 0 Å². The Morgan fingerprint density at radius 3 is 2.71 bits per heavy atom. The molecule has 17 heavy (non-hydrogen) atoms. The molecule has 0 saturated heterocycles. The number of hydrogen-bond donors (Lipinski definition) is 2. The van der Waals surface area contributed by atoms with Crippen molar-refractivity contribution in [2.24, 2.45) is 5.16 Å². The third-order valence-electron chi connectivity index (χ3n) is 2.57. The van der Waals surface area contributed by atoms with Crippen molar-refractivity contribution in [3.8, 4) is 0 Å². The zero-order valence-corrected chi connectivity index (χ0v) is 9.78. The fraction of sp³-hybridized carbons (Fsp3) is 0.308. The van der Waals surface area contributed by atoms with Crippen molar-refractivity contribution in [1.29, 1.82) is 0 Å². The van der Waals surface area contributed by atoms with E-state index in [9.17, 15) is 4.39 Å². The highest BCUT2D eigenvalue weighted by atomic mass is 19.1. The number of rotatable bonds is 5. The van der Waals surface area contributed by atoms with Crippen molar-refractivity contribution in [3.05, 3.63) is 47.3 Å². The van der Waals surface area contributed by atoms with Crippen LogP contribution < -0.4 is 0 Å². The van der Waals surface area contributed by atoms with Gasteiger partial charge < -0.3 is 10.3 Å². The molecular weight excluding hydrogens is 221 g/mol. The van der Waals surface area contributed by atoms with Crippen LogP contribution in [0.25, 0.3) is 0 Å². The molecule has 0 radical (unpaired) electrons. The topological polar surface area (TPSA) is 52.8 Å². The van der Waals surface area contributed by atoms with Crippen LogP contribution in [-0.2, 0) is 6.42 Å². The summed E-state index contributed by atoms with van der Waals surface area (Å²) in [6.45, 7) is 5.60. The number of allylic oxidation sites excluding steroid dienone is 1. The van der Waals surface area contributed by atoms with E-state index in [0.717, 1.165) is 5.56 Å². The summed E-state index contributed by atoms with van der Waals surface area (Å²) >= 11 is 0. The van der Waals surface area contributed by atoms with Crippen LogP contribution in [0, 0.1) is 5.82 Å². The molecular formula is C13H16FNO2. The monoisotopic (exact) mass is 237 g/mol. The summed E-state index contributed by atoms with van der Waals surface area (Å²) in [6.07, 6.45) is 0.986. The highest BCUT2D eigenvalue weighted by Gasteiger charge is 2.13. The Kier molecular flexibility index (Phi) is 4.84. The molecule has 2 N–H and O–H groups in total. The first-order chi connectivity index (χ1) is 8.13. The zero-order chi connectivity index (χ0) is 12.8. The lowest BCUT2D eigenvalue weighted by atomic mass is 9.95. The predicted molar refractivity (Wildman–Crippen MR) is 64.9 cm³/mol. The molecule has 0 fully saturated rings. The van der Waals surface area contributed by atoms with E-state index in [2.05, 4.69) is 11.7 Å². The lowest BCUT2D eigenvalue weighted by molar-refractivity contribution is 0.299. The minimum atomic E-state index is -0.410. The molecule has 0 aliphatic carbocycles. The third-order valence-corrected chi connectivity index (χ3v) is 2.57. The second-order valence-electron chi connectivity index (χ2n) is 3.68. The summed E-state index contributed by atoms with van der Waals surface area (Å²) in [6, 6.07) is 4.19. The quantitative estimate of drug-likeness (QED) is 0.469. The maximum atomic E-state index is 13.2. The van der Waals surface area contributed by atoms with Gasteiger partial charge in [0.1, 0.15) is 11.5 Å². The summed E-state index contributed by atoms with van der Waals surface area (Å²) in [5, 5.41) is 21.1. The highest BCUT2D eigenvalue weighted by molar-refractivity contribution is 6.12. The van der Waals surface area contributed by atoms with Gasteiger partial charge in [0.05, 0.1) is 0 Å². The van der Waals surface area contributed by atoms with Crippen LogP contribution in [0.1, 0.15) is 24.5 Å². The summed E-state index contributed by atoms with van der Waals surface area (Å²) < 4.78 is 13.2. The molecule has 0 unspecified atom stereocenters. The molecule has 92 valence electrons. The number of aliphatic hydroxyl groups excluding tert-OH is 1. The van der Waals surface area contributed by atoms with Crippen LogP contribution in [0.3, 0.4) is 0 Å². The van der Waals surface area contributed by atoms with Gasteiger partial charge in [0.15, 0.2) is 0 Å². The number of benzene rings is 1. The Morgan fingerprint density at radius 1 is 1.47 bits per heavy atom. The molecule has 0 bridgehead atoms. The van der Waals surface area contributed by atoms with Crippen molar-refractivity contribution in [2.45, 2.75) is 19.8 Å². The molecule has 4 heteroatoms. The second-order valence-corrected chi connectivity index (χ2v) is 3.68. The average molecular weight is 237 g/mol. The van der Waals surface area contributed by atoms with Crippen molar-refractivity contribution in [2.75, 3.05) is 6.61 Å². The van der Waals surface area contributed by atoms with Crippen molar-refractivity contribution in [1.82, 2.24) is 0 Å². The van der Waals surface area contributed by atoms with Gasteiger partial charge in [-0.2, -0.15) is 0 Å². The largest absolute Gasteiger partial charge is 0.410 e. The van der Waals surface area contributed by atoms with E-state index in [4.69, 9.17) is 10.3 Å². The van der Waals surface area contributed by atoms with Crippen LogP contribution in [0.5, 0.6) is 0 Å². The van der Waals surface area contributed by atoms with Gasteiger partial charge >= 0.3 is 0 Å². The number of aliphatic hydroxyl groups is 1. The van der Waals surface area contributed by atoms with Gasteiger partial charge in [-0.05, 0) is 36.1 Å². The molecule has 1 aromatic carbocycles. The fourth-order valence-electron chi connectivity index (χ4n) is 1.59. The minimum Gasteiger partial charge on any atom is -0.410 e. The first kappa shape index (κ1) is 13.4. The Labute approximate surface area is 99.9 Å². The molecule has 0 atom stereocenters. The minimum absolute atomic E-state index is 0.0457. The lowest BCUT2D eigenvalue weighted by Gasteiger charge is -2.11. The molecule has 3 nitrogen and oxygen atoms in total. The van der Waals surface area contributed by atoms with E-state index in [0.29, 0.717) is 24.0 Å². The highest BCUT2D eigenvalue weighted by Crippen LogP contribution is 2.18. The zero-order valence-electron chi connectivity index (χ0n) is 9.78. The van der Waals surface area contributed by atoms with Gasteiger partial charge in [-0.15, -0.1) is 0 Å². The number of oxime groups is 1. The van der Waals surface area contributed by atoms with E-state index in [1.165, 1.54) is 12.1 Å². The standard InChI is InChI=1S/C13H16FNO2/c1-3-9(2)13(15-17)12-8-11(14)5-4-10(12)6-7-16/h4-5,8,16-17H,2-3,6-7H2,1H3/b15-13-.